The van der Waals surface area contributed by atoms with Gasteiger partial charge in [-0.15, -0.1) is 0 Å². The van der Waals surface area contributed by atoms with Gasteiger partial charge in [0.2, 0.25) is 0 Å². The lowest BCUT2D eigenvalue weighted by Gasteiger charge is -2.14. The number of rotatable bonds is 6. The summed E-state index contributed by atoms with van der Waals surface area (Å²) < 4.78 is 5.45. The van der Waals surface area contributed by atoms with Gasteiger partial charge in [-0.05, 0) is 49.1 Å². The molecule has 2 rings (SSSR count). The molecule has 1 saturated carbocycles. The highest BCUT2D eigenvalue weighted by Crippen LogP contribution is 2.31. The number of nitrogens with two attached hydrogens (primary N) is 1. The number of hydrogen-bond acceptors (Lipinski definition) is 3. The Hall–Kier alpha value is -0.670. The molecule has 1 aromatic rings. The molecule has 3 heteroatoms. The molecule has 19 heavy (non-hydrogen) atoms. The van der Waals surface area contributed by atoms with E-state index >= 15 is 0 Å². The van der Waals surface area contributed by atoms with Gasteiger partial charge in [0.25, 0.3) is 0 Å². The lowest BCUT2D eigenvalue weighted by atomic mass is 10.1. The molecular weight excluding hydrogens is 254 g/mol. The molecule has 1 aromatic carbocycles. The van der Waals surface area contributed by atoms with Gasteiger partial charge in [-0.3, -0.25) is 0 Å². The Morgan fingerprint density at radius 1 is 1.37 bits per heavy atom. The molecule has 2 N–H and O–H groups in total. The molecule has 0 saturated heterocycles. The van der Waals surface area contributed by atoms with Gasteiger partial charge >= 0.3 is 0 Å². The van der Waals surface area contributed by atoms with Crippen LogP contribution in [0.15, 0.2) is 18.2 Å². The molecule has 0 aromatic heterocycles. The highest BCUT2D eigenvalue weighted by atomic mass is 32.2. The number of methoxy groups -OCH3 is 1. The Labute approximate surface area is 121 Å². The number of benzene rings is 1. The number of thioether (sulfide) groups is 1. The third-order valence-electron chi connectivity index (χ3n) is 3.92. The minimum Gasteiger partial charge on any atom is -0.496 e. The van der Waals surface area contributed by atoms with Crippen LogP contribution in [0.4, 0.5) is 0 Å². The van der Waals surface area contributed by atoms with E-state index in [2.05, 4.69) is 12.1 Å². The Bertz CT molecular complexity index is 400. The third-order valence-corrected chi connectivity index (χ3v) is 5.14. The van der Waals surface area contributed by atoms with E-state index in [-0.39, 0.29) is 6.04 Å². The fourth-order valence-electron chi connectivity index (χ4n) is 2.71. The van der Waals surface area contributed by atoms with Crippen molar-refractivity contribution in [1.29, 1.82) is 0 Å². The van der Waals surface area contributed by atoms with Gasteiger partial charge in [0, 0.05) is 17.4 Å². The molecule has 2 nitrogen and oxygen atoms in total. The van der Waals surface area contributed by atoms with Crippen molar-refractivity contribution in [2.45, 2.75) is 44.4 Å². The highest BCUT2D eigenvalue weighted by molar-refractivity contribution is 7.98. The van der Waals surface area contributed by atoms with Crippen molar-refractivity contribution in [2.75, 3.05) is 12.9 Å². The van der Waals surface area contributed by atoms with E-state index < -0.39 is 0 Å². The molecule has 0 spiro atoms. The van der Waals surface area contributed by atoms with Gasteiger partial charge < -0.3 is 10.5 Å². The van der Waals surface area contributed by atoms with Gasteiger partial charge in [0.15, 0.2) is 0 Å². The number of hydrogen-bond donors (Lipinski definition) is 1. The van der Waals surface area contributed by atoms with Crippen LogP contribution in [0.2, 0.25) is 0 Å². The Morgan fingerprint density at radius 2 is 2.11 bits per heavy atom. The minimum absolute atomic E-state index is 0.0875. The van der Waals surface area contributed by atoms with E-state index in [0.717, 1.165) is 17.4 Å². The van der Waals surface area contributed by atoms with Crippen LogP contribution in [-0.2, 0) is 5.75 Å². The van der Waals surface area contributed by atoms with E-state index in [9.17, 15) is 0 Å². The summed E-state index contributed by atoms with van der Waals surface area (Å²) in [6.45, 7) is 2.03. The summed E-state index contributed by atoms with van der Waals surface area (Å²) in [5.74, 6) is 4.24. The van der Waals surface area contributed by atoms with E-state index in [1.165, 1.54) is 42.6 Å². The van der Waals surface area contributed by atoms with Gasteiger partial charge in [-0.25, -0.2) is 0 Å². The first kappa shape index (κ1) is 14.7. The van der Waals surface area contributed by atoms with Crippen molar-refractivity contribution in [2.24, 2.45) is 11.7 Å². The minimum atomic E-state index is 0.0875. The SMILES string of the molecule is COc1ccc(C(C)N)cc1CSCC1CCCC1. The van der Waals surface area contributed by atoms with Crippen molar-refractivity contribution in [3.8, 4) is 5.75 Å². The van der Waals surface area contributed by atoms with Gasteiger partial charge in [-0.1, -0.05) is 18.9 Å². The summed E-state index contributed by atoms with van der Waals surface area (Å²) in [5, 5.41) is 0. The highest BCUT2D eigenvalue weighted by Gasteiger charge is 2.15. The molecule has 1 unspecified atom stereocenters. The van der Waals surface area contributed by atoms with Crippen LogP contribution < -0.4 is 10.5 Å². The van der Waals surface area contributed by atoms with Crippen molar-refractivity contribution in [3.05, 3.63) is 29.3 Å². The van der Waals surface area contributed by atoms with Gasteiger partial charge in [0.1, 0.15) is 5.75 Å². The molecule has 106 valence electrons. The summed E-state index contributed by atoms with van der Waals surface area (Å²) in [6, 6.07) is 6.40. The van der Waals surface area contributed by atoms with Gasteiger partial charge in [-0.2, -0.15) is 11.8 Å². The zero-order valence-corrected chi connectivity index (χ0v) is 12.8. The van der Waals surface area contributed by atoms with Crippen LogP contribution in [0.1, 0.15) is 49.8 Å². The quantitative estimate of drug-likeness (QED) is 0.850. The molecule has 0 aliphatic heterocycles. The molecule has 0 radical (unpaired) electrons. The van der Waals surface area contributed by atoms with Crippen LogP contribution in [0.3, 0.4) is 0 Å². The van der Waals surface area contributed by atoms with Crippen LogP contribution in [0.25, 0.3) is 0 Å². The summed E-state index contributed by atoms with van der Waals surface area (Å²) in [4.78, 5) is 0. The van der Waals surface area contributed by atoms with Crippen molar-refractivity contribution >= 4 is 11.8 Å². The van der Waals surface area contributed by atoms with Crippen molar-refractivity contribution < 1.29 is 4.74 Å². The zero-order chi connectivity index (χ0) is 13.7. The van der Waals surface area contributed by atoms with Crippen molar-refractivity contribution in [1.82, 2.24) is 0 Å². The molecule has 1 aliphatic rings. The molecule has 1 aliphatic carbocycles. The molecule has 0 heterocycles. The van der Waals surface area contributed by atoms with Crippen molar-refractivity contribution in [3.63, 3.8) is 0 Å². The standard InChI is InChI=1S/C16H25NOS/c1-12(17)14-7-8-16(18-2)15(9-14)11-19-10-13-5-3-4-6-13/h7-9,12-13H,3-6,10-11,17H2,1-2H3. The summed E-state index contributed by atoms with van der Waals surface area (Å²) >= 11 is 2.03. The van der Waals surface area contributed by atoms with E-state index in [1.807, 2.05) is 24.8 Å². The molecule has 1 fully saturated rings. The lowest BCUT2D eigenvalue weighted by molar-refractivity contribution is 0.411. The summed E-state index contributed by atoms with van der Waals surface area (Å²) in [7, 11) is 1.74. The molecule has 0 amide bonds. The maximum atomic E-state index is 5.95. The fraction of sp³-hybridized carbons (Fsp3) is 0.625. The topological polar surface area (TPSA) is 35.2 Å². The second kappa shape index (κ2) is 7.20. The zero-order valence-electron chi connectivity index (χ0n) is 12.0. The third kappa shape index (κ3) is 4.15. The molecular formula is C16H25NOS. The van der Waals surface area contributed by atoms with Gasteiger partial charge in [0.05, 0.1) is 7.11 Å². The van der Waals surface area contributed by atoms with E-state index in [0.29, 0.717) is 0 Å². The smallest absolute Gasteiger partial charge is 0.122 e. The summed E-state index contributed by atoms with van der Waals surface area (Å²) in [5.41, 5.74) is 8.42. The molecule has 0 bridgehead atoms. The predicted molar refractivity (Wildman–Crippen MR) is 83.7 cm³/mol. The first-order valence-corrected chi connectivity index (χ1v) is 8.36. The second-order valence-electron chi connectivity index (χ2n) is 5.53. The number of ether oxygens (including phenoxy) is 1. The normalized spacial score (nSPS) is 17.6. The van der Waals surface area contributed by atoms with Crippen LogP contribution in [0, 0.1) is 5.92 Å². The average molecular weight is 279 g/mol. The Kier molecular flexibility index (Phi) is 5.59. The second-order valence-corrected chi connectivity index (χ2v) is 6.56. The first-order valence-electron chi connectivity index (χ1n) is 7.21. The van der Waals surface area contributed by atoms with Crippen LogP contribution in [0.5, 0.6) is 5.75 Å². The van der Waals surface area contributed by atoms with Crippen LogP contribution in [-0.4, -0.2) is 12.9 Å². The maximum absolute atomic E-state index is 5.95. The van der Waals surface area contributed by atoms with E-state index in [4.69, 9.17) is 10.5 Å². The predicted octanol–water partition coefficient (Wildman–Crippen LogP) is 4.14. The fourth-order valence-corrected chi connectivity index (χ4v) is 3.94. The average Bonchev–Trinajstić information content (AvgIpc) is 2.91. The van der Waals surface area contributed by atoms with E-state index in [1.54, 1.807) is 7.11 Å². The lowest BCUT2D eigenvalue weighted by Crippen LogP contribution is -2.06. The largest absolute Gasteiger partial charge is 0.496 e. The first-order chi connectivity index (χ1) is 9.20. The molecule has 1 atom stereocenters. The monoisotopic (exact) mass is 279 g/mol. The maximum Gasteiger partial charge on any atom is 0.122 e. The van der Waals surface area contributed by atoms with Crippen LogP contribution >= 0.6 is 11.8 Å². The Balaban J connectivity index is 1.94. The summed E-state index contributed by atoms with van der Waals surface area (Å²) in [6.07, 6.45) is 5.69. The Morgan fingerprint density at radius 3 is 2.74 bits per heavy atom.